The molecule has 0 spiro atoms. The number of piperazine rings is 1. The molecule has 1 aromatic rings. The molecule has 0 unspecified atom stereocenters. The van der Waals surface area contributed by atoms with Gasteiger partial charge in [0.2, 0.25) is 0 Å². The van der Waals surface area contributed by atoms with Crippen LogP contribution in [0, 0.1) is 0 Å². The Morgan fingerprint density at radius 2 is 1.71 bits per heavy atom. The van der Waals surface area contributed by atoms with Crippen LogP contribution < -0.4 is 9.80 Å². The minimum absolute atomic E-state index is 0.265. The third-order valence-corrected chi connectivity index (χ3v) is 4.08. The van der Waals surface area contributed by atoms with Crippen LogP contribution in [0.5, 0.6) is 0 Å². The molecule has 1 heterocycles. The van der Waals surface area contributed by atoms with Crippen LogP contribution in [0.4, 0.5) is 0 Å². The van der Waals surface area contributed by atoms with Crippen molar-refractivity contribution in [1.29, 1.82) is 0 Å². The quantitative estimate of drug-likeness (QED) is 0.424. The number of quaternary nitrogens is 2. The molecule has 1 aliphatic heterocycles. The summed E-state index contributed by atoms with van der Waals surface area (Å²) in [7, 11) is 0. The Labute approximate surface area is 126 Å². The van der Waals surface area contributed by atoms with Crippen LogP contribution in [0.2, 0.25) is 0 Å². The lowest BCUT2D eigenvalue weighted by Crippen LogP contribution is -3.28. The number of hydrogen-bond acceptors (Lipinski definition) is 3. The Kier molecular flexibility index (Phi) is 7.12. The lowest BCUT2D eigenvalue weighted by atomic mass is 10.2. The number of aliphatic hydroxyl groups is 2. The summed E-state index contributed by atoms with van der Waals surface area (Å²) >= 11 is 0. The van der Waals surface area contributed by atoms with E-state index >= 15 is 0 Å². The molecular formula is C16H28N2O3+2. The molecule has 5 heteroatoms. The molecule has 0 amide bonds. The van der Waals surface area contributed by atoms with Crippen molar-refractivity contribution in [3.05, 3.63) is 35.9 Å². The molecule has 1 atom stereocenters. The minimum Gasteiger partial charge on any atom is -0.391 e. The van der Waals surface area contributed by atoms with Crippen LogP contribution in [-0.2, 0) is 11.3 Å². The van der Waals surface area contributed by atoms with Crippen molar-refractivity contribution in [2.75, 3.05) is 52.5 Å². The van der Waals surface area contributed by atoms with E-state index < -0.39 is 6.10 Å². The summed E-state index contributed by atoms with van der Waals surface area (Å²) in [6, 6.07) is 10.0. The second-order valence-corrected chi connectivity index (χ2v) is 5.83. The molecule has 5 nitrogen and oxygen atoms in total. The van der Waals surface area contributed by atoms with E-state index in [1.54, 1.807) is 0 Å². The fraction of sp³-hybridized carbons (Fsp3) is 0.625. The second kappa shape index (κ2) is 9.12. The number of aliphatic hydroxyl groups excluding tert-OH is 2. The van der Waals surface area contributed by atoms with Crippen molar-refractivity contribution >= 4 is 0 Å². The van der Waals surface area contributed by atoms with Crippen molar-refractivity contribution in [2.45, 2.75) is 12.7 Å². The van der Waals surface area contributed by atoms with Crippen LogP contribution in [0.3, 0.4) is 0 Å². The molecule has 0 aromatic heterocycles. The van der Waals surface area contributed by atoms with Crippen LogP contribution >= 0.6 is 0 Å². The first-order valence-electron chi connectivity index (χ1n) is 7.85. The molecule has 2 rings (SSSR count). The van der Waals surface area contributed by atoms with E-state index in [0.29, 0.717) is 13.2 Å². The first kappa shape index (κ1) is 16.4. The molecule has 1 aliphatic rings. The molecular weight excluding hydrogens is 268 g/mol. The summed E-state index contributed by atoms with van der Waals surface area (Å²) in [6.45, 7) is 7.09. The summed E-state index contributed by atoms with van der Waals surface area (Å²) < 4.78 is 5.58. The third-order valence-electron chi connectivity index (χ3n) is 4.08. The predicted octanol–water partition coefficient (Wildman–Crippen LogP) is -2.66. The molecule has 0 aliphatic carbocycles. The highest BCUT2D eigenvalue weighted by Gasteiger charge is 2.24. The number of benzene rings is 1. The lowest BCUT2D eigenvalue weighted by molar-refractivity contribution is -1.01. The highest BCUT2D eigenvalue weighted by atomic mass is 16.5. The number of rotatable bonds is 8. The maximum absolute atomic E-state index is 10.1. The Morgan fingerprint density at radius 1 is 1.05 bits per heavy atom. The van der Waals surface area contributed by atoms with Gasteiger partial charge in [-0.25, -0.2) is 0 Å². The van der Waals surface area contributed by atoms with Gasteiger partial charge in [-0.1, -0.05) is 30.3 Å². The molecule has 0 bridgehead atoms. The second-order valence-electron chi connectivity index (χ2n) is 5.83. The molecule has 1 aromatic carbocycles. The van der Waals surface area contributed by atoms with E-state index in [2.05, 4.69) is 0 Å². The topological polar surface area (TPSA) is 58.6 Å². The Hall–Kier alpha value is -0.980. The van der Waals surface area contributed by atoms with Gasteiger partial charge in [-0.3, -0.25) is 0 Å². The van der Waals surface area contributed by atoms with Crippen molar-refractivity contribution in [1.82, 2.24) is 0 Å². The summed E-state index contributed by atoms with van der Waals surface area (Å²) in [4.78, 5) is 2.91. The van der Waals surface area contributed by atoms with E-state index in [4.69, 9.17) is 9.84 Å². The van der Waals surface area contributed by atoms with Gasteiger partial charge in [-0.15, -0.1) is 0 Å². The lowest BCUT2D eigenvalue weighted by Gasteiger charge is -2.30. The van der Waals surface area contributed by atoms with Crippen LogP contribution in [0.25, 0.3) is 0 Å². The summed E-state index contributed by atoms with van der Waals surface area (Å²) in [5, 5.41) is 19.0. The Morgan fingerprint density at radius 3 is 2.38 bits per heavy atom. The van der Waals surface area contributed by atoms with Gasteiger partial charge >= 0.3 is 0 Å². The largest absolute Gasteiger partial charge is 0.391 e. The van der Waals surface area contributed by atoms with E-state index in [1.807, 2.05) is 30.3 Å². The zero-order valence-corrected chi connectivity index (χ0v) is 12.6. The van der Waals surface area contributed by atoms with Gasteiger partial charge in [0.05, 0.1) is 19.8 Å². The van der Waals surface area contributed by atoms with Gasteiger partial charge in [0.15, 0.2) is 0 Å². The average Bonchev–Trinajstić information content (AvgIpc) is 2.51. The summed E-state index contributed by atoms with van der Waals surface area (Å²) in [5.41, 5.74) is 1.14. The number of hydrogen-bond donors (Lipinski definition) is 4. The number of nitrogens with one attached hydrogen (secondary N) is 2. The van der Waals surface area contributed by atoms with Crippen molar-refractivity contribution in [2.24, 2.45) is 0 Å². The Bertz CT molecular complexity index is 380. The fourth-order valence-electron chi connectivity index (χ4n) is 2.85. The average molecular weight is 296 g/mol. The van der Waals surface area contributed by atoms with Crippen LogP contribution in [0.15, 0.2) is 30.3 Å². The van der Waals surface area contributed by atoms with Gasteiger partial charge < -0.3 is 24.7 Å². The predicted molar refractivity (Wildman–Crippen MR) is 80.3 cm³/mol. The normalized spacial score (nSPS) is 23.9. The maximum atomic E-state index is 10.1. The van der Waals surface area contributed by atoms with Crippen LogP contribution in [0.1, 0.15) is 5.56 Å². The van der Waals surface area contributed by atoms with Gasteiger partial charge in [0, 0.05) is 0 Å². The monoisotopic (exact) mass is 296 g/mol. The molecule has 21 heavy (non-hydrogen) atoms. The van der Waals surface area contributed by atoms with E-state index in [1.165, 1.54) is 9.80 Å². The van der Waals surface area contributed by atoms with Gasteiger partial charge in [-0.2, -0.15) is 0 Å². The number of ether oxygens (including phenoxy) is 1. The van der Waals surface area contributed by atoms with Crippen molar-refractivity contribution in [3.8, 4) is 0 Å². The zero-order chi connectivity index (χ0) is 14.9. The smallest absolute Gasteiger partial charge is 0.127 e. The molecule has 0 saturated carbocycles. The highest BCUT2D eigenvalue weighted by molar-refractivity contribution is 5.13. The minimum atomic E-state index is -0.400. The third kappa shape index (κ3) is 6.11. The zero-order valence-electron chi connectivity index (χ0n) is 12.6. The fourth-order valence-corrected chi connectivity index (χ4v) is 2.85. The highest BCUT2D eigenvalue weighted by Crippen LogP contribution is 2.00. The SMILES string of the molecule is OCC[NH+]1CC[NH+](C[C@H](O)COCc2ccccc2)CC1. The first-order valence-corrected chi connectivity index (χ1v) is 7.85. The van der Waals surface area contributed by atoms with Gasteiger partial charge in [0.1, 0.15) is 45.4 Å². The maximum Gasteiger partial charge on any atom is 0.127 e. The molecule has 0 radical (unpaired) electrons. The van der Waals surface area contributed by atoms with Crippen molar-refractivity contribution < 1.29 is 24.7 Å². The molecule has 118 valence electrons. The van der Waals surface area contributed by atoms with Gasteiger partial charge in [-0.05, 0) is 5.56 Å². The standard InChI is InChI=1S/C16H26N2O3/c19-11-10-17-6-8-18(9-7-17)12-16(20)14-21-13-15-4-2-1-3-5-15/h1-5,16,19-20H,6-14H2/p+2/t16-/m0/s1. The van der Waals surface area contributed by atoms with E-state index in [-0.39, 0.29) is 6.61 Å². The molecule has 1 saturated heterocycles. The van der Waals surface area contributed by atoms with E-state index in [9.17, 15) is 5.11 Å². The summed E-state index contributed by atoms with van der Waals surface area (Å²) in [6.07, 6.45) is -0.400. The summed E-state index contributed by atoms with van der Waals surface area (Å²) in [5.74, 6) is 0. The first-order chi connectivity index (χ1) is 10.3. The van der Waals surface area contributed by atoms with Crippen molar-refractivity contribution in [3.63, 3.8) is 0 Å². The van der Waals surface area contributed by atoms with Crippen LogP contribution in [-0.4, -0.2) is 68.8 Å². The molecule has 1 fully saturated rings. The van der Waals surface area contributed by atoms with E-state index in [0.717, 1.165) is 44.8 Å². The van der Waals surface area contributed by atoms with Gasteiger partial charge in [0.25, 0.3) is 0 Å². The Balaban J connectivity index is 1.58. The molecule has 4 N–H and O–H groups in total.